The van der Waals surface area contributed by atoms with Crippen LogP contribution in [0.15, 0.2) is 55.1 Å². The van der Waals surface area contributed by atoms with Gasteiger partial charge in [-0.2, -0.15) is 0 Å². The number of carbonyl (C=O) groups excluding carboxylic acids is 1. The third-order valence-electron chi connectivity index (χ3n) is 8.64. The Labute approximate surface area is 265 Å². The molecule has 11 nitrogen and oxygen atoms in total. The van der Waals surface area contributed by atoms with Crippen molar-refractivity contribution in [1.29, 1.82) is 0 Å². The first-order chi connectivity index (χ1) is 21.6. The van der Waals surface area contributed by atoms with Gasteiger partial charge >= 0.3 is 5.97 Å². The van der Waals surface area contributed by atoms with E-state index in [1.807, 2.05) is 39.9 Å². The number of carboxylic acid groups (broad SMARTS) is 1. The van der Waals surface area contributed by atoms with Crippen LogP contribution in [0.1, 0.15) is 43.2 Å². The van der Waals surface area contributed by atoms with Crippen LogP contribution in [0.25, 0.3) is 0 Å². The second-order valence-corrected chi connectivity index (χ2v) is 13.0. The lowest BCUT2D eigenvalue weighted by Crippen LogP contribution is -2.45. The minimum Gasteiger partial charge on any atom is -0.493 e. The molecule has 0 aliphatic carbocycles. The van der Waals surface area contributed by atoms with Crippen LogP contribution in [0.3, 0.4) is 0 Å². The molecule has 1 unspecified atom stereocenters. The third kappa shape index (κ3) is 7.59. The topological polar surface area (TPSA) is 106 Å². The van der Waals surface area contributed by atoms with E-state index in [2.05, 4.69) is 50.1 Å². The van der Waals surface area contributed by atoms with Gasteiger partial charge in [-0.05, 0) is 42.7 Å². The smallest absolute Gasteiger partial charge is 0.308 e. The molecule has 5 rings (SSSR count). The van der Waals surface area contributed by atoms with E-state index in [0.717, 1.165) is 40.7 Å². The molecule has 11 heteroatoms. The Morgan fingerprint density at radius 1 is 1.18 bits per heavy atom. The number of unbranched alkanes of at least 4 members (excludes halogenated alkanes) is 1. The maximum atomic E-state index is 14.2. The standard InChI is InChI=1S/C34H45N5O6/c1-6-7-13-38(26-10-8-9-24(16-26)21-39(2,3)4)31(40)20-37-19-27(25-17-29(43-5)33-30(18-25)44-23-45-33)32(34(41)42)28(37)11-14-36-15-12-35-22-36/h8-10,12,15-18,22,27-28,32H,6-7,11,13-14,19-21,23H2,1-5H3/p+1/t27-,28+,32?/m1/s1. The molecule has 45 heavy (non-hydrogen) atoms. The number of amides is 1. The van der Waals surface area contributed by atoms with Gasteiger partial charge in [-0.3, -0.25) is 14.5 Å². The van der Waals surface area contributed by atoms with Crippen molar-refractivity contribution in [2.75, 3.05) is 59.6 Å². The normalized spacial score (nSPS) is 19.5. The van der Waals surface area contributed by atoms with E-state index >= 15 is 0 Å². The van der Waals surface area contributed by atoms with Gasteiger partial charge in [-0.15, -0.1) is 0 Å². The number of methoxy groups -OCH3 is 1. The van der Waals surface area contributed by atoms with Gasteiger partial charge in [0.15, 0.2) is 11.5 Å². The minimum absolute atomic E-state index is 0.0356. The lowest BCUT2D eigenvalue weighted by atomic mass is 9.84. The van der Waals surface area contributed by atoms with Gasteiger partial charge in [0.1, 0.15) is 6.54 Å². The summed E-state index contributed by atoms with van der Waals surface area (Å²) in [4.78, 5) is 35.3. The number of quaternary nitrogens is 1. The molecule has 2 aliphatic heterocycles. The molecule has 1 saturated heterocycles. The number of hydrogen-bond donors (Lipinski definition) is 1. The summed E-state index contributed by atoms with van der Waals surface area (Å²) in [6.07, 6.45) is 7.69. The number of carbonyl (C=O) groups is 2. The molecule has 0 radical (unpaired) electrons. The van der Waals surface area contributed by atoms with Crippen molar-refractivity contribution >= 4 is 17.6 Å². The molecule has 1 fully saturated rings. The average molecular weight is 621 g/mol. The molecule has 0 saturated carbocycles. The lowest BCUT2D eigenvalue weighted by molar-refractivity contribution is -0.884. The summed E-state index contributed by atoms with van der Waals surface area (Å²) in [7, 11) is 8.00. The maximum Gasteiger partial charge on any atom is 0.308 e. The van der Waals surface area contributed by atoms with Crippen LogP contribution in [-0.2, 0) is 22.7 Å². The number of aryl methyl sites for hydroxylation is 1. The van der Waals surface area contributed by atoms with Crippen molar-refractivity contribution < 1.29 is 33.4 Å². The number of anilines is 1. The largest absolute Gasteiger partial charge is 0.493 e. The van der Waals surface area contributed by atoms with Crippen LogP contribution >= 0.6 is 0 Å². The number of rotatable bonds is 14. The summed E-state index contributed by atoms with van der Waals surface area (Å²) in [6, 6.07) is 11.5. The van der Waals surface area contributed by atoms with Crippen LogP contribution in [0.5, 0.6) is 17.2 Å². The zero-order valence-electron chi connectivity index (χ0n) is 27.0. The predicted molar refractivity (Wildman–Crippen MR) is 171 cm³/mol. The third-order valence-corrected chi connectivity index (χ3v) is 8.64. The van der Waals surface area contributed by atoms with E-state index in [4.69, 9.17) is 14.2 Å². The Kier molecular flexibility index (Phi) is 9.99. The van der Waals surface area contributed by atoms with Gasteiger partial charge < -0.3 is 33.3 Å². The van der Waals surface area contributed by atoms with Crippen molar-refractivity contribution in [3.05, 3.63) is 66.2 Å². The molecule has 2 aromatic carbocycles. The van der Waals surface area contributed by atoms with E-state index in [0.29, 0.717) is 43.3 Å². The van der Waals surface area contributed by atoms with E-state index in [1.165, 1.54) is 0 Å². The zero-order valence-corrected chi connectivity index (χ0v) is 27.0. The first-order valence-corrected chi connectivity index (χ1v) is 15.7. The Morgan fingerprint density at radius 2 is 2.00 bits per heavy atom. The number of likely N-dealkylation sites (tertiary alicyclic amines) is 1. The molecule has 1 aromatic heterocycles. The van der Waals surface area contributed by atoms with Crippen molar-refractivity contribution in [3.63, 3.8) is 0 Å². The fourth-order valence-electron chi connectivity index (χ4n) is 6.60. The minimum atomic E-state index is -0.891. The molecular weight excluding hydrogens is 574 g/mol. The highest BCUT2D eigenvalue weighted by Crippen LogP contribution is 2.47. The van der Waals surface area contributed by atoms with Gasteiger partial charge in [0, 0.05) is 55.2 Å². The Balaban J connectivity index is 1.46. The zero-order chi connectivity index (χ0) is 32.1. The fraction of sp³-hybridized carbons (Fsp3) is 0.500. The van der Waals surface area contributed by atoms with Gasteiger partial charge in [-0.25, -0.2) is 4.98 Å². The van der Waals surface area contributed by atoms with Crippen molar-refractivity contribution in [2.45, 2.75) is 51.2 Å². The van der Waals surface area contributed by atoms with Crippen LogP contribution in [-0.4, -0.2) is 96.6 Å². The van der Waals surface area contributed by atoms with Gasteiger partial charge in [-0.1, -0.05) is 25.5 Å². The molecular formula is C34H46N5O6+. The molecule has 3 heterocycles. The molecule has 0 spiro atoms. The van der Waals surface area contributed by atoms with Crippen LogP contribution in [0.4, 0.5) is 5.69 Å². The first kappa shape index (κ1) is 32.3. The summed E-state index contributed by atoms with van der Waals surface area (Å²) in [5.74, 6) is -0.490. The Bertz CT molecular complexity index is 1470. The SMILES string of the molecule is CCCCN(C(=O)CN1C[C@H](c2cc(OC)c3c(c2)OCO3)C(C(=O)O)[C@@H]1CCn1ccnc1)c1cccc(C[N+](C)(C)C)c1. The monoisotopic (exact) mass is 620 g/mol. The van der Waals surface area contributed by atoms with Crippen LogP contribution in [0.2, 0.25) is 0 Å². The molecule has 3 aromatic rings. The Hall–Kier alpha value is -4.09. The molecule has 1 amide bonds. The van der Waals surface area contributed by atoms with E-state index in [1.54, 1.807) is 19.6 Å². The summed E-state index contributed by atoms with van der Waals surface area (Å²) < 4.78 is 19.6. The number of fused-ring (bicyclic) bond motifs is 1. The van der Waals surface area contributed by atoms with Crippen molar-refractivity contribution in [1.82, 2.24) is 14.5 Å². The van der Waals surface area contributed by atoms with Crippen molar-refractivity contribution in [2.24, 2.45) is 5.92 Å². The van der Waals surface area contributed by atoms with E-state index in [-0.39, 0.29) is 31.2 Å². The van der Waals surface area contributed by atoms with Crippen LogP contribution in [0, 0.1) is 5.92 Å². The Morgan fingerprint density at radius 3 is 2.69 bits per heavy atom. The average Bonchev–Trinajstić information content (AvgIpc) is 3.75. The van der Waals surface area contributed by atoms with Gasteiger partial charge in [0.2, 0.25) is 18.4 Å². The fourth-order valence-corrected chi connectivity index (χ4v) is 6.60. The van der Waals surface area contributed by atoms with Crippen molar-refractivity contribution in [3.8, 4) is 17.2 Å². The van der Waals surface area contributed by atoms with E-state index < -0.39 is 11.9 Å². The lowest BCUT2D eigenvalue weighted by Gasteiger charge is -2.30. The van der Waals surface area contributed by atoms with Gasteiger partial charge in [0.25, 0.3) is 0 Å². The second-order valence-electron chi connectivity index (χ2n) is 13.0. The molecule has 0 bridgehead atoms. The number of aromatic nitrogens is 2. The number of ether oxygens (including phenoxy) is 3. The highest BCUT2D eigenvalue weighted by Gasteiger charge is 2.47. The number of aliphatic carboxylic acids is 1. The molecule has 2 aliphatic rings. The predicted octanol–water partition coefficient (Wildman–Crippen LogP) is 4.22. The maximum absolute atomic E-state index is 14.2. The highest BCUT2D eigenvalue weighted by molar-refractivity contribution is 5.95. The number of imidazole rings is 1. The number of hydrogen-bond acceptors (Lipinski definition) is 7. The molecule has 1 N–H and O–H groups in total. The summed E-state index contributed by atoms with van der Waals surface area (Å²) in [5, 5.41) is 10.6. The number of nitrogens with zero attached hydrogens (tertiary/aromatic N) is 5. The number of benzene rings is 2. The second kappa shape index (κ2) is 13.9. The van der Waals surface area contributed by atoms with E-state index in [9.17, 15) is 14.7 Å². The van der Waals surface area contributed by atoms with Gasteiger partial charge in [0.05, 0.1) is 47.0 Å². The van der Waals surface area contributed by atoms with Crippen LogP contribution < -0.4 is 19.1 Å². The quantitative estimate of drug-likeness (QED) is 0.267. The summed E-state index contributed by atoms with van der Waals surface area (Å²) in [5.41, 5.74) is 2.83. The molecule has 3 atom stereocenters. The summed E-state index contributed by atoms with van der Waals surface area (Å²) in [6.45, 7) is 4.74. The summed E-state index contributed by atoms with van der Waals surface area (Å²) >= 11 is 0. The highest BCUT2D eigenvalue weighted by atomic mass is 16.7. The molecule has 242 valence electrons. The first-order valence-electron chi connectivity index (χ1n) is 15.7. The number of carboxylic acids is 1.